The molecule has 0 saturated carbocycles. The summed E-state index contributed by atoms with van der Waals surface area (Å²) in [6.07, 6.45) is 4.91. The third kappa shape index (κ3) is 3.75. The van der Waals surface area contributed by atoms with Gasteiger partial charge in [0.25, 0.3) is 5.91 Å². The fourth-order valence-corrected chi connectivity index (χ4v) is 4.02. The first-order valence-electron chi connectivity index (χ1n) is 9.97. The van der Waals surface area contributed by atoms with Crippen LogP contribution in [-0.4, -0.2) is 54.4 Å². The number of carbonyl (C=O) groups is 1. The summed E-state index contributed by atoms with van der Waals surface area (Å²) in [4.78, 5) is 21.4. The molecule has 6 nitrogen and oxygen atoms in total. The van der Waals surface area contributed by atoms with Crippen LogP contribution in [0, 0.1) is 6.92 Å². The molecule has 0 bridgehead atoms. The first-order chi connectivity index (χ1) is 13.6. The molecule has 28 heavy (non-hydrogen) atoms. The topological polar surface area (TPSA) is 54.9 Å². The van der Waals surface area contributed by atoms with Crippen molar-refractivity contribution in [3.05, 3.63) is 53.9 Å². The lowest BCUT2D eigenvalue weighted by Crippen LogP contribution is -2.47. The molecule has 1 amide bonds. The Balaban J connectivity index is 1.51. The molecule has 0 N–H and O–H groups in total. The molecule has 148 valence electrons. The van der Waals surface area contributed by atoms with E-state index in [4.69, 9.17) is 9.47 Å². The van der Waals surface area contributed by atoms with E-state index in [1.165, 1.54) is 5.56 Å². The van der Waals surface area contributed by atoms with Gasteiger partial charge in [0.1, 0.15) is 0 Å². The number of hydrogen-bond donors (Lipinski definition) is 0. The Labute approximate surface area is 166 Å². The zero-order chi connectivity index (χ0) is 19.6. The van der Waals surface area contributed by atoms with Crippen molar-refractivity contribution in [2.75, 3.05) is 37.7 Å². The lowest BCUT2D eigenvalue weighted by atomic mass is 10.0. The van der Waals surface area contributed by atoms with Gasteiger partial charge in [0.2, 0.25) is 0 Å². The summed E-state index contributed by atoms with van der Waals surface area (Å²) in [6.45, 7) is 7.54. The second-order valence-electron chi connectivity index (χ2n) is 7.41. The van der Waals surface area contributed by atoms with Crippen LogP contribution in [0.1, 0.15) is 35.7 Å². The van der Waals surface area contributed by atoms with E-state index < -0.39 is 5.79 Å². The summed E-state index contributed by atoms with van der Waals surface area (Å²) in [5.41, 5.74) is 3.85. The zero-order valence-electron chi connectivity index (χ0n) is 16.6. The third-order valence-electron chi connectivity index (χ3n) is 5.54. The number of likely N-dealkylation sites (tertiary alicyclic amines) is 1. The molecule has 2 aliphatic heterocycles. The van der Waals surface area contributed by atoms with Gasteiger partial charge in [0.05, 0.1) is 30.7 Å². The predicted molar refractivity (Wildman–Crippen MR) is 108 cm³/mol. The highest BCUT2D eigenvalue weighted by Crippen LogP contribution is 2.32. The Bertz CT molecular complexity index is 838. The van der Waals surface area contributed by atoms with E-state index in [0.717, 1.165) is 30.8 Å². The van der Waals surface area contributed by atoms with Crippen LogP contribution in [0.3, 0.4) is 0 Å². The predicted octanol–water partition coefficient (Wildman–Crippen LogP) is 3.53. The highest BCUT2D eigenvalue weighted by molar-refractivity contribution is 5.95. The quantitative estimate of drug-likeness (QED) is 0.811. The Morgan fingerprint density at radius 1 is 1.14 bits per heavy atom. The van der Waals surface area contributed by atoms with E-state index in [2.05, 4.69) is 41.9 Å². The first kappa shape index (κ1) is 18.9. The number of anilines is 2. The van der Waals surface area contributed by atoms with Gasteiger partial charge in [-0.15, -0.1) is 0 Å². The molecule has 3 heterocycles. The average Bonchev–Trinajstić information content (AvgIpc) is 3.17. The maximum Gasteiger partial charge on any atom is 0.255 e. The number of carbonyl (C=O) groups excluding carboxylic acids is 1. The van der Waals surface area contributed by atoms with Gasteiger partial charge in [0, 0.05) is 44.4 Å². The van der Waals surface area contributed by atoms with Crippen molar-refractivity contribution in [1.29, 1.82) is 0 Å². The van der Waals surface area contributed by atoms with Gasteiger partial charge in [0.15, 0.2) is 5.79 Å². The number of nitrogens with zero attached hydrogens (tertiary/aromatic N) is 3. The van der Waals surface area contributed by atoms with Gasteiger partial charge in [-0.1, -0.05) is 12.1 Å². The minimum Gasteiger partial charge on any atom is -0.347 e. The molecule has 2 aromatic rings. The Kier molecular flexibility index (Phi) is 5.33. The molecule has 1 aromatic carbocycles. The van der Waals surface area contributed by atoms with Crippen molar-refractivity contribution in [3.8, 4) is 0 Å². The number of rotatable bonds is 4. The van der Waals surface area contributed by atoms with Gasteiger partial charge in [-0.3, -0.25) is 9.78 Å². The highest BCUT2D eigenvalue weighted by Gasteiger charge is 2.40. The maximum atomic E-state index is 13.0. The number of amides is 1. The molecule has 4 rings (SSSR count). The monoisotopic (exact) mass is 381 g/mol. The van der Waals surface area contributed by atoms with Crippen LogP contribution in [0.25, 0.3) is 0 Å². The molecule has 2 fully saturated rings. The second kappa shape index (κ2) is 7.89. The smallest absolute Gasteiger partial charge is 0.255 e. The number of benzene rings is 1. The van der Waals surface area contributed by atoms with E-state index in [-0.39, 0.29) is 5.91 Å². The molecular formula is C22H27N3O3. The van der Waals surface area contributed by atoms with Crippen LogP contribution in [0.4, 0.5) is 11.4 Å². The molecule has 1 aromatic heterocycles. The summed E-state index contributed by atoms with van der Waals surface area (Å²) >= 11 is 0. The molecule has 0 unspecified atom stereocenters. The van der Waals surface area contributed by atoms with Crippen molar-refractivity contribution in [2.45, 2.75) is 32.5 Å². The molecule has 1 spiro atoms. The Morgan fingerprint density at radius 3 is 2.57 bits per heavy atom. The highest BCUT2D eigenvalue weighted by atomic mass is 16.7. The SMILES string of the molecule is CCN(c1cccc(C)c1)c1cncc(C(=O)N2CCC3(CC2)OCCO3)c1. The minimum atomic E-state index is -0.471. The number of hydrogen-bond acceptors (Lipinski definition) is 5. The summed E-state index contributed by atoms with van der Waals surface area (Å²) in [5.74, 6) is -0.455. The Morgan fingerprint density at radius 2 is 1.89 bits per heavy atom. The van der Waals surface area contributed by atoms with E-state index in [1.807, 2.05) is 23.2 Å². The number of piperidine rings is 1. The van der Waals surface area contributed by atoms with Crippen LogP contribution >= 0.6 is 0 Å². The molecule has 6 heteroatoms. The molecule has 0 radical (unpaired) electrons. The molecule has 0 atom stereocenters. The van der Waals surface area contributed by atoms with Crippen LogP contribution < -0.4 is 4.90 Å². The standard InChI is InChI=1S/C22H27N3O3/c1-3-25(19-6-4-5-17(2)13-19)20-14-18(15-23-16-20)21(26)24-9-7-22(8-10-24)27-11-12-28-22/h4-6,13-16H,3,7-12H2,1-2H3. The zero-order valence-corrected chi connectivity index (χ0v) is 16.6. The lowest BCUT2D eigenvalue weighted by Gasteiger charge is -2.37. The molecule has 2 saturated heterocycles. The van der Waals surface area contributed by atoms with Crippen LogP contribution in [0.2, 0.25) is 0 Å². The van der Waals surface area contributed by atoms with Crippen LogP contribution in [-0.2, 0) is 9.47 Å². The van der Waals surface area contributed by atoms with Gasteiger partial charge in [-0.05, 0) is 37.6 Å². The van der Waals surface area contributed by atoms with E-state index in [9.17, 15) is 4.79 Å². The van der Waals surface area contributed by atoms with Crippen molar-refractivity contribution in [3.63, 3.8) is 0 Å². The third-order valence-corrected chi connectivity index (χ3v) is 5.54. The molecule has 2 aliphatic rings. The van der Waals surface area contributed by atoms with Crippen LogP contribution in [0.15, 0.2) is 42.7 Å². The summed E-state index contributed by atoms with van der Waals surface area (Å²) < 4.78 is 11.5. The fraction of sp³-hybridized carbons (Fsp3) is 0.455. The largest absolute Gasteiger partial charge is 0.347 e. The first-order valence-corrected chi connectivity index (χ1v) is 9.97. The summed E-state index contributed by atoms with van der Waals surface area (Å²) in [7, 11) is 0. The van der Waals surface area contributed by atoms with Gasteiger partial charge in [-0.2, -0.15) is 0 Å². The van der Waals surface area contributed by atoms with E-state index in [0.29, 0.717) is 31.9 Å². The molecular weight excluding hydrogens is 354 g/mol. The summed E-state index contributed by atoms with van der Waals surface area (Å²) in [5, 5.41) is 0. The maximum absolute atomic E-state index is 13.0. The van der Waals surface area contributed by atoms with Gasteiger partial charge >= 0.3 is 0 Å². The Hall–Kier alpha value is -2.44. The number of pyridine rings is 1. The minimum absolute atomic E-state index is 0.0162. The second-order valence-corrected chi connectivity index (χ2v) is 7.41. The van der Waals surface area contributed by atoms with E-state index >= 15 is 0 Å². The lowest BCUT2D eigenvalue weighted by molar-refractivity contribution is -0.181. The number of aromatic nitrogens is 1. The van der Waals surface area contributed by atoms with Crippen molar-refractivity contribution < 1.29 is 14.3 Å². The van der Waals surface area contributed by atoms with Gasteiger partial charge in [-0.25, -0.2) is 0 Å². The summed E-state index contributed by atoms with van der Waals surface area (Å²) in [6, 6.07) is 10.3. The van der Waals surface area contributed by atoms with Crippen molar-refractivity contribution >= 4 is 17.3 Å². The van der Waals surface area contributed by atoms with Crippen molar-refractivity contribution in [1.82, 2.24) is 9.88 Å². The van der Waals surface area contributed by atoms with Gasteiger partial charge < -0.3 is 19.3 Å². The van der Waals surface area contributed by atoms with E-state index in [1.54, 1.807) is 6.20 Å². The normalized spacial score (nSPS) is 18.4. The molecule has 0 aliphatic carbocycles. The van der Waals surface area contributed by atoms with Crippen LogP contribution in [0.5, 0.6) is 0 Å². The van der Waals surface area contributed by atoms with Crippen molar-refractivity contribution in [2.24, 2.45) is 0 Å². The average molecular weight is 381 g/mol. The fourth-order valence-electron chi connectivity index (χ4n) is 4.02. The number of ether oxygens (including phenoxy) is 2. The number of aryl methyl sites for hydroxylation is 1.